The van der Waals surface area contributed by atoms with Crippen molar-refractivity contribution in [2.75, 3.05) is 53.0 Å². The summed E-state index contributed by atoms with van der Waals surface area (Å²) in [5.41, 5.74) is 2.03. The highest BCUT2D eigenvalue weighted by molar-refractivity contribution is 14.0. The second kappa shape index (κ2) is 13.7. The van der Waals surface area contributed by atoms with E-state index in [-0.39, 0.29) is 30.0 Å². The van der Waals surface area contributed by atoms with Crippen LogP contribution in [0.2, 0.25) is 0 Å². The van der Waals surface area contributed by atoms with Gasteiger partial charge in [-0.2, -0.15) is 0 Å². The average molecular weight is 547 g/mol. The largest absolute Gasteiger partial charge is 0.444 e. The second-order valence-electron chi connectivity index (χ2n) is 8.38. The number of guanidine groups is 1. The van der Waals surface area contributed by atoms with Gasteiger partial charge in [0.15, 0.2) is 5.96 Å². The Hall–Kier alpha value is -1.59. The van der Waals surface area contributed by atoms with Gasteiger partial charge in [0, 0.05) is 39.8 Å². The highest BCUT2D eigenvalue weighted by atomic mass is 127. The number of ether oxygens (including phenoxy) is 2. The lowest BCUT2D eigenvalue weighted by Gasteiger charge is -2.35. The maximum absolute atomic E-state index is 11.7. The summed E-state index contributed by atoms with van der Waals surface area (Å²) in [4.78, 5) is 18.5. The number of carbonyl (C=O) groups is 1. The first-order valence-corrected chi connectivity index (χ1v) is 10.6. The van der Waals surface area contributed by atoms with Gasteiger partial charge >= 0.3 is 6.09 Å². The van der Waals surface area contributed by atoms with E-state index in [1.54, 1.807) is 7.05 Å². The Morgan fingerprint density at radius 2 is 1.74 bits per heavy atom. The first-order valence-electron chi connectivity index (χ1n) is 10.6. The van der Waals surface area contributed by atoms with Gasteiger partial charge in [-0.1, -0.05) is 29.8 Å². The van der Waals surface area contributed by atoms with Crippen LogP contribution in [0.5, 0.6) is 0 Å². The van der Waals surface area contributed by atoms with Gasteiger partial charge in [-0.05, 0) is 33.3 Å². The number of rotatable bonds is 7. The van der Waals surface area contributed by atoms with E-state index in [0.717, 1.165) is 32.8 Å². The molecular formula is C22H38IN5O3. The van der Waals surface area contributed by atoms with Crippen LogP contribution >= 0.6 is 24.0 Å². The number of carbonyl (C=O) groups excluding carboxylic acids is 1. The minimum Gasteiger partial charge on any atom is -0.444 e. The number of hydrogen-bond donors (Lipinski definition) is 3. The zero-order chi connectivity index (χ0) is 22.0. The maximum atomic E-state index is 11.7. The first kappa shape index (κ1) is 27.4. The van der Waals surface area contributed by atoms with Crippen LogP contribution in [0.3, 0.4) is 0 Å². The van der Waals surface area contributed by atoms with Crippen LogP contribution in [0.1, 0.15) is 37.9 Å². The number of benzene rings is 1. The van der Waals surface area contributed by atoms with Crippen molar-refractivity contribution in [2.24, 2.45) is 4.99 Å². The van der Waals surface area contributed by atoms with Crippen molar-refractivity contribution in [3.63, 3.8) is 0 Å². The van der Waals surface area contributed by atoms with Crippen LogP contribution in [0.15, 0.2) is 29.3 Å². The fraction of sp³-hybridized carbons (Fsp3) is 0.636. The van der Waals surface area contributed by atoms with E-state index in [0.29, 0.717) is 19.0 Å². The zero-order valence-electron chi connectivity index (χ0n) is 19.4. The average Bonchev–Trinajstić information content (AvgIpc) is 2.70. The van der Waals surface area contributed by atoms with Gasteiger partial charge in [-0.25, -0.2) is 4.79 Å². The molecule has 176 valence electrons. The van der Waals surface area contributed by atoms with Gasteiger partial charge in [-0.15, -0.1) is 24.0 Å². The molecule has 1 fully saturated rings. The number of hydrogen-bond acceptors (Lipinski definition) is 5. The Labute approximate surface area is 203 Å². The zero-order valence-corrected chi connectivity index (χ0v) is 21.7. The van der Waals surface area contributed by atoms with E-state index in [4.69, 9.17) is 9.47 Å². The molecular weight excluding hydrogens is 509 g/mol. The smallest absolute Gasteiger partial charge is 0.407 e. The SMILES string of the molecule is CN=C(NCCNC(=O)OC(C)(C)C)NCC(c1ccc(C)cc1)N1CCOCC1.I. The molecule has 1 amide bonds. The molecule has 0 saturated carbocycles. The number of nitrogens with zero attached hydrogens (tertiary/aromatic N) is 2. The lowest BCUT2D eigenvalue weighted by atomic mass is 10.0. The van der Waals surface area contributed by atoms with Crippen LogP contribution < -0.4 is 16.0 Å². The minimum absolute atomic E-state index is 0. The predicted molar refractivity (Wildman–Crippen MR) is 135 cm³/mol. The van der Waals surface area contributed by atoms with E-state index in [2.05, 4.69) is 57.0 Å². The molecule has 31 heavy (non-hydrogen) atoms. The Kier molecular flexibility index (Phi) is 12.2. The van der Waals surface area contributed by atoms with Crippen molar-refractivity contribution < 1.29 is 14.3 Å². The van der Waals surface area contributed by atoms with E-state index in [1.807, 2.05) is 20.8 Å². The molecule has 1 aromatic carbocycles. The van der Waals surface area contributed by atoms with E-state index in [9.17, 15) is 4.79 Å². The van der Waals surface area contributed by atoms with Crippen molar-refractivity contribution in [3.8, 4) is 0 Å². The molecule has 1 unspecified atom stereocenters. The van der Waals surface area contributed by atoms with E-state index < -0.39 is 11.7 Å². The predicted octanol–water partition coefficient (Wildman–Crippen LogP) is 2.68. The van der Waals surface area contributed by atoms with E-state index in [1.165, 1.54) is 11.1 Å². The number of alkyl carbamates (subject to hydrolysis) is 1. The number of amides is 1. The molecule has 9 heteroatoms. The topological polar surface area (TPSA) is 87.2 Å². The third-order valence-corrected chi connectivity index (χ3v) is 4.72. The van der Waals surface area contributed by atoms with Crippen LogP contribution in [0.25, 0.3) is 0 Å². The summed E-state index contributed by atoms with van der Waals surface area (Å²) in [6, 6.07) is 8.92. The Morgan fingerprint density at radius 1 is 1.13 bits per heavy atom. The molecule has 1 atom stereocenters. The lowest BCUT2D eigenvalue weighted by molar-refractivity contribution is 0.0170. The first-order chi connectivity index (χ1) is 14.3. The van der Waals surface area contributed by atoms with Gasteiger partial charge in [0.2, 0.25) is 0 Å². The summed E-state index contributed by atoms with van der Waals surface area (Å²) in [6.07, 6.45) is -0.418. The number of halogens is 1. The standard InChI is InChI=1S/C22H37N5O3.HI/c1-17-6-8-18(9-7-17)19(27-12-14-29-15-13-27)16-26-20(23-5)24-10-11-25-21(28)30-22(2,3)4;/h6-9,19H,10-16H2,1-5H3,(H,25,28)(H2,23,24,26);1H. The van der Waals surface area contributed by atoms with Crippen molar-refractivity contribution in [1.29, 1.82) is 0 Å². The second-order valence-corrected chi connectivity index (χ2v) is 8.38. The third kappa shape index (κ3) is 10.5. The minimum atomic E-state index is -0.500. The third-order valence-electron chi connectivity index (χ3n) is 4.72. The van der Waals surface area contributed by atoms with Crippen molar-refractivity contribution in [3.05, 3.63) is 35.4 Å². The summed E-state index contributed by atoms with van der Waals surface area (Å²) >= 11 is 0. The van der Waals surface area contributed by atoms with Gasteiger partial charge in [0.1, 0.15) is 5.60 Å². The van der Waals surface area contributed by atoms with Gasteiger partial charge in [0.25, 0.3) is 0 Å². The normalized spacial score (nSPS) is 16.1. The summed E-state index contributed by atoms with van der Waals surface area (Å²) in [7, 11) is 1.74. The number of aryl methyl sites for hydroxylation is 1. The quantitative estimate of drug-likeness (QED) is 0.211. The van der Waals surface area contributed by atoms with Crippen molar-refractivity contribution in [2.45, 2.75) is 39.3 Å². The van der Waals surface area contributed by atoms with Crippen LogP contribution in [-0.4, -0.2) is 75.5 Å². The van der Waals surface area contributed by atoms with Crippen LogP contribution in [-0.2, 0) is 9.47 Å². The molecule has 1 aromatic rings. The lowest BCUT2D eigenvalue weighted by Crippen LogP contribution is -2.47. The molecule has 0 aromatic heterocycles. The molecule has 3 N–H and O–H groups in total. The van der Waals surface area contributed by atoms with E-state index >= 15 is 0 Å². The summed E-state index contributed by atoms with van der Waals surface area (Å²) in [5.74, 6) is 0.700. The molecule has 1 aliphatic heterocycles. The molecule has 0 radical (unpaired) electrons. The number of nitrogens with one attached hydrogen (secondary N) is 3. The highest BCUT2D eigenvalue weighted by Crippen LogP contribution is 2.21. The molecule has 0 bridgehead atoms. The Bertz CT molecular complexity index is 685. The highest BCUT2D eigenvalue weighted by Gasteiger charge is 2.23. The van der Waals surface area contributed by atoms with Crippen LogP contribution in [0, 0.1) is 6.92 Å². The molecule has 8 nitrogen and oxygen atoms in total. The number of morpholine rings is 1. The summed E-state index contributed by atoms with van der Waals surface area (Å²) < 4.78 is 10.8. The van der Waals surface area contributed by atoms with Gasteiger partial charge in [0.05, 0.1) is 19.3 Å². The molecule has 0 aliphatic carbocycles. The van der Waals surface area contributed by atoms with Crippen molar-refractivity contribution in [1.82, 2.24) is 20.9 Å². The van der Waals surface area contributed by atoms with Crippen LogP contribution in [0.4, 0.5) is 4.79 Å². The van der Waals surface area contributed by atoms with Gasteiger partial charge in [-0.3, -0.25) is 9.89 Å². The molecule has 1 saturated heterocycles. The maximum Gasteiger partial charge on any atom is 0.407 e. The molecule has 1 aliphatic rings. The molecule has 1 heterocycles. The van der Waals surface area contributed by atoms with Crippen molar-refractivity contribution >= 4 is 36.0 Å². The number of aliphatic imine (C=N–C) groups is 1. The summed E-state index contributed by atoms with van der Waals surface area (Å²) in [6.45, 7) is 12.7. The summed E-state index contributed by atoms with van der Waals surface area (Å²) in [5, 5.41) is 9.39. The molecule has 2 rings (SSSR count). The molecule has 0 spiro atoms. The Balaban J connectivity index is 0.00000480. The van der Waals surface area contributed by atoms with Gasteiger partial charge < -0.3 is 25.4 Å². The monoisotopic (exact) mass is 547 g/mol. The fourth-order valence-corrected chi connectivity index (χ4v) is 3.21. The fourth-order valence-electron chi connectivity index (χ4n) is 3.21. The Morgan fingerprint density at radius 3 is 2.32 bits per heavy atom.